The summed E-state index contributed by atoms with van der Waals surface area (Å²) in [4.78, 5) is 0. The summed E-state index contributed by atoms with van der Waals surface area (Å²) in [6.07, 6.45) is 4.77. The van der Waals surface area contributed by atoms with E-state index < -0.39 is 0 Å². The summed E-state index contributed by atoms with van der Waals surface area (Å²) in [5, 5.41) is 0. The molecule has 1 nitrogen and oxygen atoms in total. The van der Waals surface area contributed by atoms with Crippen LogP contribution in [0.25, 0.3) is 0 Å². The minimum absolute atomic E-state index is 0.174. The molecule has 1 aromatic carbocycles. The predicted molar refractivity (Wildman–Crippen MR) is 72.5 cm³/mol. The minimum Gasteiger partial charge on any atom is -0.375 e. The molecular weight excluding hydrogens is 251 g/mol. The fourth-order valence-electron chi connectivity index (χ4n) is 2.63. The van der Waals surface area contributed by atoms with Crippen LogP contribution in [0.2, 0.25) is 0 Å². The normalized spacial score (nSPS) is 25.3. The SMILES string of the molecule is CC1CCC(CC(CCl)Cc2cccc(F)c2)O1. The maximum Gasteiger partial charge on any atom is 0.123 e. The van der Waals surface area contributed by atoms with E-state index in [9.17, 15) is 4.39 Å². The number of benzene rings is 1. The molecule has 1 aliphatic heterocycles. The van der Waals surface area contributed by atoms with Crippen LogP contribution < -0.4 is 0 Å². The molecule has 0 saturated carbocycles. The molecule has 1 aromatic rings. The van der Waals surface area contributed by atoms with E-state index in [0.29, 0.717) is 24.0 Å². The van der Waals surface area contributed by atoms with Gasteiger partial charge in [0.1, 0.15) is 5.82 Å². The first kappa shape index (κ1) is 13.8. The molecular formula is C15H20ClFO. The highest BCUT2D eigenvalue weighted by Gasteiger charge is 2.24. The Bertz CT molecular complexity index is 383. The molecule has 0 amide bonds. The number of rotatable bonds is 5. The summed E-state index contributed by atoms with van der Waals surface area (Å²) in [6.45, 7) is 2.11. The molecule has 0 aliphatic carbocycles. The Morgan fingerprint density at radius 3 is 2.89 bits per heavy atom. The maximum atomic E-state index is 13.1. The average molecular weight is 271 g/mol. The highest BCUT2D eigenvalue weighted by Crippen LogP contribution is 2.26. The topological polar surface area (TPSA) is 9.23 Å². The maximum absolute atomic E-state index is 13.1. The Morgan fingerprint density at radius 1 is 1.44 bits per heavy atom. The van der Waals surface area contributed by atoms with Crippen LogP contribution in [-0.4, -0.2) is 18.1 Å². The molecule has 0 bridgehead atoms. The third kappa shape index (κ3) is 3.96. The largest absolute Gasteiger partial charge is 0.375 e. The fourth-order valence-corrected chi connectivity index (χ4v) is 2.86. The van der Waals surface area contributed by atoms with Crippen molar-refractivity contribution in [2.24, 2.45) is 5.92 Å². The Hall–Kier alpha value is -0.600. The van der Waals surface area contributed by atoms with Gasteiger partial charge in [-0.2, -0.15) is 0 Å². The molecule has 1 aliphatic rings. The molecule has 100 valence electrons. The molecule has 0 spiro atoms. The summed E-state index contributed by atoms with van der Waals surface area (Å²) in [7, 11) is 0. The number of alkyl halides is 1. The van der Waals surface area contributed by atoms with Crippen molar-refractivity contribution in [2.45, 2.75) is 44.8 Å². The van der Waals surface area contributed by atoms with Gasteiger partial charge in [-0.1, -0.05) is 12.1 Å². The fraction of sp³-hybridized carbons (Fsp3) is 0.600. The molecule has 1 heterocycles. The molecule has 1 fully saturated rings. The van der Waals surface area contributed by atoms with E-state index in [2.05, 4.69) is 6.92 Å². The van der Waals surface area contributed by atoms with Crippen LogP contribution in [0.15, 0.2) is 24.3 Å². The van der Waals surface area contributed by atoms with E-state index in [0.717, 1.165) is 31.2 Å². The van der Waals surface area contributed by atoms with Gasteiger partial charge >= 0.3 is 0 Å². The van der Waals surface area contributed by atoms with Gasteiger partial charge in [0, 0.05) is 5.88 Å². The predicted octanol–water partition coefficient (Wildman–Crippen LogP) is 4.18. The molecule has 0 aromatic heterocycles. The Labute approximate surface area is 113 Å². The van der Waals surface area contributed by atoms with Gasteiger partial charge in [0.15, 0.2) is 0 Å². The van der Waals surface area contributed by atoms with E-state index in [1.807, 2.05) is 6.07 Å². The van der Waals surface area contributed by atoms with E-state index in [1.165, 1.54) is 6.07 Å². The van der Waals surface area contributed by atoms with E-state index in [4.69, 9.17) is 16.3 Å². The van der Waals surface area contributed by atoms with Crippen LogP contribution in [0.3, 0.4) is 0 Å². The molecule has 3 atom stereocenters. The second kappa shape index (κ2) is 6.53. The van der Waals surface area contributed by atoms with Crippen LogP contribution >= 0.6 is 11.6 Å². The second-order valence-electron chi connectivity index (χ2n) is 5.24. The minimum atomic E-state index is -0.174. The number of halogens is 2. The molecule has 18 heavy (non-hydrogen) atoms. The van der Waals surface area contributed by atoms with Gasteiger partial charge in [-0.05, 0) is 56.2 Å². The summed E-state index contributed by atoms with van der Waals surface area (Å²) in [5.41, 5.74) is 1.02. The van der Waals surface area contributed by atoms with Crippen molar-refractivity contribution in [3.63, 3.8) is 0 Å². The smallest absolute Gasteiger partial charge is 0.123 e. The van der Waals surface area contributed by atoms with Gasteiger partial charge in [-0.3, -0.25) is 0 Å². The Balaban J connectivity index is 1.89. The quantitative estimate of drug-likeness (QED) is 0.730. The highest BCUT2D eigenvalue weighted by atomic mass is 35.5. The van der Waals surface area contributed by atoms with Gasteiger partial charge < -0.3 is 4.74 Å². The van der Waals surface area contributed by atoms with Crippen molar-refractivity contribution in [1.29, 1.82) is 0 Å². The lowest BCUT2D eigenvalue weighted by Gasteiger charge is -2.18. The van der Waals surface area contributed by atoms with Gasteiger partial charge in [-0.25, -0.2) is 4.39 Å². The van der Waals surface area contributed by atoms with E-state index in [-0.39, 0.29) is 5.82 Å². The van der Waals surface area contributed by atoms with E-state index >= 15 is 0 Å². The van der Waals surface area contributed by atoms with Gasteiger partial charge in [0.2, 0.25) is 0 Å². The first-order valence-corrected chi connectivity index (χ1v) is 7.16. The third-order valence-corrected chi connectivity index (χ3v) is 3.98. The first-order valence-electron chi connectivity index (χ1n) is 6.63. The first-order chi connectivity index (χ1) is 8.67. The van der Waals surface area contributed by atoms with Crippen LogP contribution in [0, 0.1) is 11.7 Å². The summed E-state index contributed by atoms with van der Waals surface area (Å²) >= 11 is 6.02. The number of hydrogen-bond acceptors (Lipinski definition) is 1. The van der Waals surface area contributed by atoms with Crippen molar-refractivity contribution in [3.05, 3.63) is 35.6 Å². The van der Waals surface area contributed by atoms with E-state index in [1.54, 1.807) is 12.1 Å². The summed E-state index contributed by atoms with van der Waals surface area (Å²) < 4.78 is 18.9. The average Bonchev–Trinajstić information content (AvgIpc) is 2.74. The third-order valence-electron chi connectivity index (χ3n) is 3.55. The van der Waals surface area contributed by atoms with Crippen molar-refractivity contribution < 1.29 is 9.13 Å². The zero-order valence-electron chi connectivity index (χ0n) is 10.7. The van der Waals surface area contributed by atoms with Crippen LogP contribution in [0.1, 0.15) is 31.7 Å². The number of ether oxygens (including phenoxy) is 1. The van der Waals surface area contributed by atoms with Gasteiger partial charge in [0.25, 0.3) is 0 Å². The Morgan fingerprint density at radius 2 is 2.28 bits per heavy atom. The molecule has 2 rings (SSSR count). The lowest BCUT2D eigenvalue weighted by atomic mass is 9.94. The van der Waals surface area contributed by atoms with Crippen LogP contribution in [0.4, 0.5) is 4.39 Å². The molecule has 1 saturated heterocycles. The lowest BCUT2D eigenvalue weighted by molar-refractivity contribution is 0.0426. The van der Waals surface area contributed by atoms with Gasteiger partial charge in [0.05, 0.1) is 12.2 Å². The van der Waals surface area contributed by atoms with Crippen molar-refractivity contribution >= 4 is 11.6 Å². The van der Waals surface area contributed by atoms with Crippen LogP contribution in [-0.2, 0) is 11.2 Å². The highest BCUT2D eigenvalue weighted by molar-refractivity contribution is 6.18. The monoisotopic (exact) mass is 270 g/mol. The standard InChI is InChI=1S/C15H20ClFO/c1-11-5-6-15(18-11)9-13(10-16)7-12-3-2-4-14(17)8-12/h2-4,8,11,13,15H,5-7,9-10H2,1H3. The Kier molecular flexibility index (Phi) is 5.02. The zero-order chi connectivity index (χ0) is 13.0. The van der Waals surface area contributed by atoms with Crippen molar-refractivity contribution in [2.75, 3.05) is 5.88 Å². The zero-order valence-corrected chi connectivity index (χ0v) is 11.5. The van der Waals surface area contributed by atoms with Crippen molar-refractivity contribution in [1.82, 2.24) is 0 Å². The summed E-state index contributed by atoms with van der Waals surface area (Å²) in [5.74, 6) is 0.792. The molecule has 0 radical (unpaired) electrons. The second-order valence-corrected chi connectivity index (χ2v) is 5.54. The summed E-state index contributed by atoms with van der Waals surface area (Å²) in [6, 6.07) is 6.78. The molecule has 3 unspecified atom stereocenters. The van der Waals surface area contributed by atoms with Crippen LogP contribution in [0.5, 0.6) is 0 Å². The molecule has 0 N–H and O–H groups in total. The number of hydrogen-bond donors (Lipinski definition) is 0. The molecule has 3 heteroatoms. The van der Waals surface area contributed by atoms with Gasteiger partial charge in [-0.15, -0.1) is 11.6 Å². The van der Waals surface area contributed by atoms with Crippen molar-refractivity contribution in [3.8, 4) is 0 Å². The lowest BCUT2D eigenvalue weighted by Crippen LogP contribution is -2.17.